The average Bonchev–Trinajstić information content (AvgIpc) is 2.71. The Bertz CT molecular complexity index is 601. The van der Waals surface area contributed by atoms with E-state index in [9.17, 15) is 13.2 Å². The van der Waals surface area contributed by atoms with Gasteiger partial charge in [0, 0.05) is 17.5 Å². The lowest BCUT2D eigenvalue weighted by atomic mass is 10.1. The second-order valence-corrected chi connectivity index (χ2v) is 6.72. The van der Waals surface area contributed by atoms with E-state index in [1.165, 1.54) is 24.3 Å². The Labute approximate surface area is 122 Å². The molecule has 1 aliphatic heterocycles. The monoisotopic (exact) mass is 319 g/mol. The van der Waals surface area contributed by atoms with Gasteiger partial charge in [-0.25, -0.2) is 4.79 Å². The molecule has 0 saturated carbocycles. The number of rotatable bonds is 3. The number of benzene rings is 1. The number of nitrogens with zero attached hydrogens (tertiary/aromatic N) is 1. The van der Waals surface area contributed by atoms with Crippen LogP contribution >= 0.6 is 11.6 Å². The minimum Gasteiger partial charge on any atom is -0.465 e. The van der Waals surface area contributed by atoms with Gasteiger partial charge in [-0.3, -0.25) is 4.18 Å². The van der Waals surface area contributed by atoms with E-state index in [4.69, 9.17) is 20.9 Å². The molecule has 0 aromatic heterocycles. The Hall–Kier alpha value is -1.31. The SMILES string of the molecule is C[C@H]1CN(C(=O)O)C[C@@H]1OS(=O)(=O)c1ccc(Cl)cc1. The van der Waals surface area contributed by atoms with Crippen LogP contribution in [0, 0.1) is 5.92 Å². The van der Waals surface area contributed by atoms with Crippen molar-refractivity contribution in [1.82, 2.24) is 4.90 Å². The van der Waals surface area contributed by atoms with Crippen LogP contribution in [-0.2, 0) is 14.3 Å². The fourth-order valence-corrected chi connectivity index (χ4v) is 3.32. The molecule has 0 spiro atoms. The number of hydrogen-bond acceptors (Lipinski definition) is 4. The van der Waals surface area contributed by atoms with E-state index >= 15 is 0 Å². The minimum atomic E-state index is -3.92. The Morgan fingerprint density at radius 2 is 1.95 bits per heavy atom. The molecule has 1 amide bonds. The number of amides is 1. The molecule has 2 atom stereocenters. The zero-order valence-corrected chi connectivity index (χ0v) is 12.3. The number of halogens is 1. The third-order valence-electron chi connectivity index (χ3n) is 3.17. The summed E-state index contributed by atoms with van der Waals surface area (Å²) in [5.74, 6) is -0.187. The first-order chi connectivity index (χ1) is 9.29. The van der Waals surface area contributed by atoms with Crippen LogP contribution in [0.4, 0.5) is 4.79 Å². The molecule has 8 heteroatoms. The van der Waals surface area contributed by atoms with Crippen molar-refractivity contribution in [3.63, 3.8) is 0 Å². The van der Waals surface area contributed by atoms with Gasteiger partial charge >= 0.3 is 6.09 Å². The molecule has 20 heavy (non-hydrogen) atoms. The topological polar surface area (TPSA) is 83.9 Å². The number of hydrogen-bond donors (Lipinski definition) is 1. The highest BCUT2D eigenvalue weighted by molar-refractivity contribution is 7.86. The van der Waals surface area contributed by atoms with Crippen molar-refractivity contribution < 1.29 is 22.5 Å². The number of carboxylic acid groups (broad SMARTS) is 1. The second-order valence-electron chi connectivity index (χ2n) is 4.71. The zero-order chi connectivity index (χ0) is 14.9. The number of likely N-dealkylation sites (tertiary alicyclic amines) is 1. The van der Waals surface area contributed by atoms with E-state index in [1.807, 2.05) is 0 Å². The number of carbonyl (C=O) groups is 1. The normalized spacial score (nSPS) is 23.0. The van der Waals surface area contributed by atoms with E-state index in [0.717, 1.165) is 4.90 Å². The van der Waals surface area contributed by atoms with Crippen LogP contribution in [0.2, 0.25) is 5.02 Å². The molecule has 1 aromatic rings. The van der Waals surface area contributed by atoms with Gasteiger partial charge in [0.2, 0.25) is 0 Å². The Morgan fingerprint density at radius 3 is 2.45 bits per heavy atom. The summed E-state index contributed by atoms with van der Waals surface area (Å²) in [7, 11) is -3.92. The molecule has 1 aromatic carbocycles. The molecule has 1 N–H and O–H groups in total. The van der Waals surface area contributed by atoms with Crippen molar-refractivity contribution in [2.24, 2.45) is 5.92 Å². The Kier molecular flexibility index (Phi) is 4.22. The van der Waals surface area contributed by atoms with Crippen molar-refractivity contribution in [3.05, 3.63) is 29.3 Å². The van der Waals surface area contributed by atoms with Crippen LogP contribution < -0.4 is 0 Å². The maximum atomic E-state index is 12.1. The van der Waals surface area contributed by atoms with Crippen LogP contribution in [0.1, 0.15) is 6.92 Å². The van der Waals surface area contributed by atoms with E-state index in [2.05, 4.69) is 0 Å². The van der Waals surface area contributed by atoms with Crippen molar-refractivity contribution in [2.75, 3.05) is 13.1 Å². The van der Waals surface area contributed by atoms with Gasteiger partial charge in [-0.15, -0.1) is 0 Å². The van der Waals surface area contributed by atoms with Crippen LogP contribution in [0.3, 0.4) is 0 Å². The van der Waals surface area contributed by atoms with Gasteiger partial charge in [0.25, 0.3) is 10.1 Å². The van der Waals surface area contributed by atoms with Gasteiger partial charge in [-0.05, 0) is 24.3 Å². The maximum Gasteiger partial charge on any atom is 0.407 e. The highest BCUT2D eigenvalue weighted by atomic mass is 35.5. The third kappa shape index (κ3) is 3.23. The van der Waals surface area contributed by atoms with Gasteiger partial charge in [-0.1, -0.05) is 18.5 Å². The van der Waals surface area contributed by atoms with Crippen LogP contribution in [0.5, 0.6) is 0 Å². The van der Waals surface area contributed by atoms with Gasteiger partial charge in [0.15, 0.2) is 0 Å². The lowest BCUT2D eigenvalue weighted by Crippen LogP contribution is -2.29. The summed E-state index contributed by atoms with van der Waals surface area (Å²) in [6.45, 7) is 2.06. The largest absolute Gasteiger partial charge is 0.465 e. The van der Waals surface area contributed by atoms with Crippen molar-refractivity contribution >= 4 is 27.8 Å². The summed E-state index contributed by atoms with van der Waals surface area (Å²) >= 11 is 5.70. The van der Waals surface area contributed by atoms with E-state index in [0.29, 0.717) is 5.02 Å². The average molecular weight is 320 g/mol. The molecule has 0 aliphatic carbocycles. The molecule has 6 nitrogen and oxygen atoms in total. The molecule has 0 bridgehead atoms. The molecule has 1 fully saturated rings. The summed E-state index contributed by atoms with van der Waals surface area (Å²) in [5, 5.41) is 9.33. The van der Waals surface area contributed by atoms with Crippen molar-refractivity contribution in [3.8, 4) is 0 Å². The maximum absolute atomic E-state index is 12.1. The van der Waals surface area contributed by atoms with Gasteiger partial charge in [0.1, 0.15) is 0 Å². The van der Waals surface area contributed by atoms with Gasteiger partial charge in [0.05, 0.1) is 17.5 Å². The summed E-state index contributed by atoms with van der Waals surface area (Å²) in [6.07, 6.45) is -1.75. The molecule has 0 radical (unpaired) electrons. The Morgan fingerprint density at radius 1 is 1.35 bits per heavy atom. The van der Waals surface area contributed by atoms with Crippen LogP contribution in [0.25, 0.3) is 0 Å². The summed E-state index contributed by atoms with van der Waals surface area (Å²) < 4.78 is 29.3. The van der Waals surface area contributed by atoms with Crippen molar-refractivity contribution in [1.29, 1.82) is 0 Å². The van der Waals surface area contributed by atoms with Gasteiger partial charge in [-0.2, -0.15) is 8.42 Å². The smallest absolute Gasteiger partial charge is 0.407 e. The fourth-order valence-electron chi connectivity index (χ4n) is 2.04. The molecule has 1 aliphatic rings. The second kappa shape index (κ2) is 5.59. The van der Waals surface area contributed by atoms with Crippen molar-refractivity contribution in [2.45, 2.75) is 17.9 Å². The van der Waals surface area contributed by atoms with E-state index in [1.54, 1.807) is 6.92 Å². The highest BCUT2D eigenvalue weighted by Crippen LogP contribution is 2.24. The molecular formula is C12H14ClNO5S. The summed E-state index contributed by atoms with van der Waals surface area (Å²) in [5.41, 5.74) is 0. The first-order valence-electron chi connectivity index (χ1n) is 5.96. The molecule has 110 valence electrons. The van der Waals surface area contributed by atoms with Gasteiger partial charge < -0.3 is 10.0 Å². The molecule has 1 saturated heterocycles. The quantitative estimate of drug-likeness (QED) is 0.862. The summed E-state index contributed by atoms with van der Waals surface area (Å²) in [6, 6.07) is 5.62. The zero-order valence-electron chi connectivity index (χ0n) is 10.7. The molecule has 1 heterocycles. The molecule has 0 unspecified atom stereocenters. The predicted molar refractivity (Wildman–Crippen MR) is 72.3 cm³/mol. The predicted octanol–water partition coefficient (Wildman–Crippen LogP) is 2.04. The van der Waals surface area contributed by atoms with Crippen LogP contribution in [-0.4, -0.2) is 43.7 Å². The lowest BCUT2D eigenvalue weighted by Gasteiger charge is -2.15. The van der Waals surface area contributed by atoms with Crippen LogP contribution in [0.15, 0.2) is 29.2 Å². The first kappa shape index (κ1) is 15.1. The fraction of sp³-hybridized carbons (Fsp3) is 0.417. The highest BCUT2D eigenvalue weighted by Gasteiger charge is 2.36. The molecular weight excluding hydrogens is 306 g/mol. The lowest BCUT2D eigenvalue weighted by molar-refractivity contribution is 0.145. The minimum absolute atomic E-state index is 0.00266. The van der Waals surface area contributed by atoms with E-state index in [-0.39, 0.29) is 23.9 Å². The van der Waals surface area contributed by atoms with E-state index < -0.39 is 22.3 Å². The molecule has 2 rings (SSSR count). The summed E-state index contributed by atoms with van der Waals surface area (Å²) in [4.78, 5) is 12.0. The standard InChI is InChI=1S/C12H14ClNO5S/c1-8-6-14(12(15)16)7-11(8)19-20(17,18)10-4-2-9(13)3-5-10/h2-5,8,11H,6-7H2,1H3,(H,15,16)/t8-,11-/m0/s1. The third-order valence-corrected chi connectivity index (χ3v) is 4.77. The first-order valence-corrected chi connectivity index (χ1v) is 7.75. The Balaban J connectivity index is 2.13.